The molecular formula is C12H22N4O2S. The van der Waals surface area contributed by atoms with Crippen LogP contribution in [0.2, 0.25) is 0 Å². The molecule has 19 heavy (non-hydrogen) atoms. The summed E-state index contributed by atoms with van der Waals surface area (Å²) in [4.78, 5) is 0. The highest BCUT2D eigenvalue weighted by Gasteiger charge is 2.11. The summed E-state index contributed by atoms with van der Waals surface area (Å²) in [6.45, 7) is 4.98. The third-order valence-corrected chi connectivity index (χ3v) is 3.58. The van der Waals surface area contributed by atoms with Crippen LogP contribution in [0.4, 0.5) is 17.1 Å². The second kappa shape index (κ2) is 6.12. The van der Waals surface area contributed by atoms with E-state index in [0.717, 1.165) is 29.6 Å². The van der Waals surface area contributed by atoms with Crippen LogP contribution in [-0.4, -0.2) is 27.8 Å². The van der Waals surface area contributed by atoms with Crippen LogP contribution in [0.1, 0.15) is 18.1 Å². The molecule has 0 amide bonds. The lowest BCUT2D eigenvalue weighted by molar-refractivity contribution is 0.588. The van der Waals surface area contributed by atoms with Gasteiger partial charge in [0, 0.05) is 18.8 Å². The second-order valence-electron chi connectivity index (χ2n) is 4.49. The van der Waals surface area contributed by atoms with Crippen molar-refractivity contribution in [1.82, 2.24) is 4.72 Å². The third-order valence-electron chi connectivity index (χ3n) is 2.85. The predicted molar refractivity (Wildman–Crippen MR) is 80.7 cm³/mol. The zero-order valence-corrected chi connectivity index (χ0v) is 12.4. The van der Waals surface area contributed by atoms with Gasteiger partial charge >= 0.3 is 0 Å². The number of hydrogen-bond donors (Lipinski definition) is 4. The van der Waals surface area contributed by atoms with Gasteiger partial charge in [0.25, 0.3) is 0 Å². The molecule has 1 rings (SSSR count). The third kappa shape index (κ3) is 4.29. The van der Waals surface area contributed by atoms with Crippen LogP contribution in [0.5, 0.6) is 0 Å². The zero-order chi connectivity index (χ0) is 14.6. The van der Waals surface area contributed by atoms with Gasteiger partial charge in [0.1, 0.15) is 0 Å². The molecule has 0 aliphatic heterocycles. The van der Waals surface area contributed by atoms with Crippen LogP contribution in [0.15, 0.2) is 6.07 Å². The molecule has 0 saturated carbocycles. The van der Waals surface area contributed by atoms with Gasteiger partial charge in [-0.3, -0.25) is 0 Å². The quantitative estimate of drug-likeness (QED) is 0.575. The first-order chi connectivity index (χ1) is 8.76. The maximum absolute atomic E-state index is 11.0. The highest BCUT2D eigenvalue weighted by molar-refractivity contribution is 7.88. The molecule has 108 valence electrons. The minimum Gasteiger partial charge on any atom is -0.397 e. The van der Waals surface area contributed by atoms with E-state index in [1.807, 2.05) is 13.8 Å². The Morgan fingerprint density at radius 2 is 1.95 bits per heavy atom. The van der Waals surface area contributed by atoms with Crippen LogP contribution in [0.3, 0.4) is 0 Å². The number of hydrogen-bond acceptors (Lipinski definition) is 5. The molecule has 6 N–H and O–H groups in total. The second-order valence-corrected chi connectivity index (χ2v) is 6.32. The molecule has 0 saturated heterocycles. The summed E-state index contributed by atoms with van der Waals surface area (Å²) in [5, 5.41) is 3.25. The lowest BCUT2D eigenvalue weighted by Gasteiger charge is -2.17. The van der Waals surface area contributed by atoms with E-state index < -0.39 is 10.0 Å². The molecular weight excluding hydrogens is 264 g/mol. The lowest BCUT2D eigenvalue weighted by Crippen LogP contribution is -2.24. The topological polar surface area (TPSA) is 110 Å². The average Bonchev–Trinajstić information content (AvgIpc) is 2.29. The maximum atomic E-state index is 11.0. The van der Waals surface area contributed by atoms with Gasteiger partial charge in [-0.25, -0.2) is 13.1 Å². The summed E-state index contributed by atoms with van der Waals surface area (Å²) in [6, 6.07) is 1.80. The Morgan fingerprint density at radius 3 is 2.47 bits per heavy atom. The molecule has 0 bridgehead atoms. The molecule has 1 aromatic carbocycles. The van der Waals surface area contributed by atoms with Gasteiger partial charge in [-0.2, -0.15) is 0 Å². The fourth-order valence-electron chi connectivity index (χ4n) is 1.92. The molecule has 0 unspecified atom stereocenters. The highest BCUT2D eigenvalue weighted by atomic mass is 32.2. The van der Waals surface area contributed by atoms with Crippen molar-refractivity contribution >= 4 is 27.1 Å². The molecule has 7 heteroatoms. The van der Waals surface area contributed by atoms with Gasteiger partial charge in [-0.15, -0.1) is 0 Å². The van der Waals surface area contributed by atoms with E-state index in [2.05, 4.69) is 10.0 Å². The van der Waals surface area contributed by atoms with Crippen molar-refractivity contribution < 1.29 is 8.42 Å². The van der Waals surface area contributed by atoms with E-state index in [1.165, 1.54) is 0 Å². The summed E-state index contributed by atoms with van der Waals surface area (Å²) in [7, 11) is -3.17. The number of benzene rings is 1. The fraction of sp³-hybridized carbons (Fsp3) is 0.500. The highest BCUT2D eigenvalue weighted by Crippen LogP contribution is 2.31. The standard InChI is InChI=1S/C12H22N4O2S/c1-4-15-12-8(2)11(14)10(13)7-9(12)5-6-16-19(3,17)18/h7,15-16H,4-6,13-14H2,1-3H3. The maximum Gasteiger partial charge on any atom is 0.208 e. The summed E-state index contributed by atoms with van der Waals surface area (Å²) >= 11 is 0. The first-order valence-electron chi connectivity index (χ1n) is 6.12. The van der Waals surface area contributed by atoms with Gasteiger partial charge in [0.05, 0.1) is 17.6 Å². The largest absolute Gasteiger partial charge is 0.397 e. The van der Waals surface area contributed by atoms with E-state index >= 15 is 0 Å². The van der Waals surface area contributed by atoms with Crippen molar-refractivity contribution in [3.8, 4) is 0 Å². The van der Waals surface area contributed by atoms with Crippen molar-refractivity contribution in [1.29, 1.82) is 0 Å². The van der Waals surface area contributed by atoms with Crippen LogP contribution in [-0.2, 0) is 16.4 Å². The molecule has 0 aliphatic rings. The van der Waals surface area contributed by atoms with Crippen LogP contribution < -0.4 is 21.5 Å². The number of nitrogens with two attached hydrogens (primary N) is 2. The molecule has 0 radical (unpaired) electrons. The first-order valence-corrected chi connectivity index (χ1v) is 8.01. The first kappa shape index (κ1) is 15.6. The summed E-state index contributed by atoms with van der Waals surface area (Å²) in [5.74, 6) is 0. The number of anilines is 3. The predicted octanol–water partition coefficient (Wildman–Crippen LogP) is 0.683. The molecule has 0 aromatic heterocycles. The average molecular weight is 286 g/mol. The number of rotatable bonds is 6. The Bertz CT molecular complexity index is 555. The summed E-state index contributed by atoms with van der Waals surface area (Å²) < 4.78 is 24.6. The van der Waals surface area contributed by atoms with Gasteiger partial charge in [-0.1, -0.05) is 0 Å². The Labute approximate surface area is 114 Å². The molecule has 0 atom stereocenters. The van der Waals surface area contributed by atoms with Crippen LogP contribution in [0, 0.1) is 6.92 Å². The molecule has 0 heterocycles. The molecule has 0 aliphatic carbocycles. The molecule has 0 fully saturated rings. The Hall–Kier alpha value is -1.47. The van der Waals surface area contributed by atoms with E-state index in [0.29, 0.717) is 24.3 Å². The van der Waals surface area contributed by atoms with Crippen molar-refractivity contribution in [3.63, 3.8) is 0 Å². The Morgan fingerprint density at radius 1 is 1.32 bits per heavy atom. The Kier molecular flexibility index (Phi) is 5.02. The molecule has 0 spiro atoms. The van der Waals surface area contributed by atoms with E-state index in [9.17, 15) is 8.42 Å². The molecule has 1 aromatic rings. The lowest BCUT2D eigenvalue weighted by atomic mass is 10.0. The van der Waals surface area contributed by atoms with Crippen LogP contribution >= 0.6 is 0 Å². The minimum atomic E-state index is -3.17. The van der Waals surface area contributed by atoms with Gasteiger partial charge in [0.2, 0.25) is 10.0 Å². The van der Waals surface area contributed by atoms with Crippen molar-refractivity contribution in [2.75, 3.05) is 36.1 Å². The minimum absolute atomic E-state index is 0.333. The van der Waals surface area contributed by atoms with Crippen molar-refractivity contribution in [2.45, 2.75) is 20.3 Å². The SMILES string of the molecule is CCNc1c(CCNS(C)(=O)=O)cc(N)c(N)c1C. The van der Waals surface area contributed by atoms with E-state index in [4.69, 9.17) is 11.5 Å². The van der Waals surface area contributed by atoms with E-state index in [-0.39, 0.29) is 0 Å². The van der Waals surface area contributed by atoms with E-state index in [1.54, 1.807) is 6.07 Å². The smallest absolute Gasteiger partial charge is 0.208 e. The number of nitrogen functional groups attached to an aromatic ring is 2. The zero-order valence-electron chi connectivity index (χ0n) is 11.6. The normalized spacial score (nSPS) is 11.5. The van der Waals surface area contributed by atoms with Crippen molar-refractivity contribution in [2.24, 2.45) is 0 Å². The fourth-order valence-corrected chi connectivity index (χ4v) is 2.39. The van der Waals surface area contributed by atoms with Crippen molar-refractivity contribution in [3.05, 3.63) is 17.2 Å². The monoisotopic (exact) mass is 286 g/mol. The van der Waals surface area contributed by atoms with Gasteiger partial charge in [-0.05, 0) is 37.5 Å². The van der Waals surface area contributed by atoms with Gasteiger partial charge in [0.15, 0.2) is 0 Å². The Balaban J connectivity index is 2.98. The summed E-state index contributed by atoms with van der Waals surface area (Å²) in [6.07, 6.45) is 1.70. The van der Waals surface area contributed by atoms with Crippen LogP contribution in [0.25, 0.3) is 0 Å². The number of nitrogens with one attached hydrogen (secondary N) is 2. The number of sulfonamides is 1. The summed E-state index contributed by atoms with van der Waals surface area (Å²) in [5.41, 5.74) is 15.6. The molecule has 6 nitrogen and oxygen atoms in total. The van der Waals surface area contributed by atoms with Gasteiger partial charge < -0.3 is 16.8 Å².